The quantitative estimate of drug-likeness (QED) is 0.705. The molecule has 2 aliphatic heterocycles. The minimum atomic E-state index is 0. The van der Waals surface area contributed by atoms with Gasteiger partial charge >= 0.3 is 0 Å². The molecular formula is C22H35ClN2O2. The van der Waals surface area contributed by atoms with Crippen molar-refractivity contribution in [2.24, 2.45) is 5.92 Å². The topological polar surface area (TPSA) is 32.8 Å². The summed E-state index contributed by atoms with van der Waals surface area (Å²) in [6, 6.07) is 7.59. The lowest BCUT2D eigenvalue weighted by molar-refractivity contribution is 0.0679. The Hall–Kier alpha value is -1.26. The van der Waals surface area contributed by atoms with Gasteiger partial charge in [0.1, 0.15) is 5.75 Å². The van der Waals surface area contributed by atoms with Gasteiger partial charge in [0.05, 0.1) is 6.10 Å². The van der Waals surface area contributed by atoms with Crippen LogP contribution in [-0.2, 0) is 0 Å². The van der Waals surface area contributed by atoms with Crippen LogP contribution in [0.25, 0.3) is 0 Å². The summed E-state index contributed by atoms with van der Waals surface area (Å²) in [5, 5.41) is 0. The molecule has 0 bridgehead atoms. The van der Waals surface area contributed by atoms with Crippen LogP contribution in [0.5, 0.6) is 5.75 Å². The van der Waals surface area contributed by atoms with Gasteiger partial charge in [0, 0.05) is 18.7 Å². The highest BCUT2D eigenvalue weighted by Crippen LogP contribution is 2.23. The molecule has 2 fully saturated rings. The first kappa shape index (κ1) is 22.0. The van der Waals surface area contributed by atoms with Crippen molar-refractivity contribution >= 4 is 18.3 Å². The SMILES string of the molecule is CC(C)Oc1ccc(C(=O)N2CCC(CCN3CCCCC3)CC2)cc1.Cl. The maximum Gasteiger partial charge on any atom is 0.253 e. The normalized spacial score (nSPS) is 19.0. The summed E-state index contributed by atoms with van der Waals surface area (Å²) in [5.41, 5.74) is 0.771. The fourth-order valence-corrected chi connectivity index (χ4v) is 4.10. The second kappa shape index (κ2) is 10.9. The lowest BCUT2D eigenvalue weighted by Crippen LogP contribution is -2.39. The second-order valence-electron chi connectivity index (χ2n) is 8.12. The average molecular weight is 395 g/mol. The van der Waals surface area contributed by atoms with Crippen LogP contribution in [0.4, 0.5) is 0 Å². The van der Waals surface area contributed by atoms with E-state index in [1.807, 2.05) is 43.0 Å². The van der Waals surface area contributed by atoms with Gasteiger partial charge in [-0.1, -0.05) is 6.42 Å². The molecule has 27 heavy (non-hydrogen) atoms. The number of carbonyl (C=O) groups is 1. The van der Waals surface area contributed by atoms with Crippen molar-refractivity contribution in [1.82, 2.24) is 9.80 Å². The number of halogens is 1. The van der Waals surface area contributed by atoms with Crippen molar-refractivity contribution in [3.8, 4) is 5.75 Å². The van der Waals surface area contributed by atoms with Gasteiger partial charge in [-0.25, -0.2) is 0 Å². The van der Waals surface area contributed by atoms with Gasteiger partial charge in [-0.05, 0) is 95.8 Å². The largest absolute Gasteiger partial charge is 0.491 e. The third kappa shape index (κ3) is 6.69. The molecule has 5 heteroatoms. The van der Waals surface area contributed by atoms with E-state index in [1.54, 1.807) is 0 Å². The minimum absolute atomic E-state index is 0. The molecule has 1 amide bonds. The monoisotopic (exact) mass is 394 g/mol. The summed E-state index contributed by atoms with van der Waals surface area (Å²) in [7, 11) is 0. The lowest BCUT2D eigenvalue weighted by atomic mass is 9.92. The molecule has 1 aromatic carbocycles. The molecule has 0 saturated carbocycles. The zero-order chi connectivity index (χ0) is 18.4. The first-order valence-corrected chi connectivity index (χ1v) is 10.4. The highest BCUT2D eigenvalue weighted by molar-refractivity contribution is 5.94. The van der Waals surface area contributed by atoms with Gasteiger partial charge in [-0.15, -0.1) is 12.4 Å². The van der Waals surface area contributed by atoms with Gasteiger partial charge in [-0.3, -0.25) is 4.79 Å². The molecule has 0 atom stereocenters. The zero-order valence-corrected chi connectivity index (χ0v) is 17.7. The molecule has 0 aromatic heterocycles. The fourth-order valence-electron chi connectivity index (χ4n) is 4.10. The van der Waals surface area contributed by atoms with Crippen molar-refractivity contribution in [2.45, 2.75) is 58.5 Å². The van der Waals surface area contributed by atoms with Crippen molar-refractivity contribution < 1.29 is 9.53 Å². The first-order valence-electron chi connectivity index (χ1n) is 10.4. The van der Waals surface area contributed by atoms with E-state index >= 15 is 0 Å². The van der Waals surface area contributed by atoms with Gasteiger partial charge in [0.25, 0.3) is 5.91 Å². The molecule has 152 valence electrons. The van der Waals surface area contributed by atoms with Crippen molar-refractivity contribution in [3.63, 3.8) is 0 Å². The zero-order valence-electron chi connectivity index (χ0n) is 16.9. The van der Waals surface area contributed by atoms with E-state index in [4.69, 9.17) is 4.74 Å². The van der Waals surface area contributed by atoms with Gasteiger partial charge in [0.2, 0.25) is 0 Å². The molecule has 0 aliphatic carbocycles. The molecule has 4 nitrogen and oxygen atoms in total. The predicted molar refractivity (Wildman–Crippen MR) is 113 cm³/mol. The first-order chi connectivity index (χ1) is 12.6. The fraction of sp³-hybridized carbons (Fsp3) is 0.682. The van der Waals surface area contributed by atoms with Gasteiger partial charge in [-0.2, -0.15) is 0 Å². The minimum Gasteiger partial charge on any atom is -0.491 e. The van der Waals surface area contributed by atoms with Crippen LogP contribution >= 0.6 is 12.4 Å². The van der Waals surface area contributed by atoms with Gasteiger partial charge < -0.3 is 14.5 Å². The maximum atomic E-state index is 12.7. The number of ether oxygens (including phenoxy) is 1. The molecule has 1 aromatic rings. The Labute approximate surface area is 170 Å². The summed E-state index contributed by atoms with van der Waals surface area (Å²) in [6.07, 6.45) is 7.88. The van der Waals surface area contributed by atoms with Crippen LogP contribution < -0.4 is 4.74 Å². The predicted octanol–water partition coefficient (Wildman–Crippen LogP) is 4.62. The summed E-state index contributed by atoms with van der Waals surface area (Å²) >= 11 is 0. The van der Waals surface area contributed by atoms with Gasteiger partial charge in [0.15, 0.2) is 0 Å². The lowest BCUT2D eigenvalue weighted by Gasteiger charge is -2.34. The molecule has 0 radical (unpaired) electrons. The Balaban J connectivity index is 0.00000261. The van der Waals surface area contributed by atoms with E-state index in [9.17, 15) is 4.79 Å². The Morgan fingerprint density at radius 2 is 1.67 bits per heavy atom. The van der Waals surface area contributed by atoms with Crippen molar-refractivity contribution in [2.75, 3.05) is 32.7 Å². The van der Waals surface area contributed by atoms with Crippen LogP contribution in [-0.4, -0.2) is 54.5 Å². The van der Waals surface area contributed by atoms with E-state index in [0.29, 0.717) is 0 Å². The Morgan fingerprint density at radius 3 is 2.26 bits per heavy atom. The standard InChI is InChI=1S/C22H34N2O2.ClH/c1-18(2)26-21-8-6-20(7-9-21)22(25)24-16-11-19(12-17-24)10-15-23-13-4-3-5-14-23;/h6-9,18-19H,3-5,10-17H2,1-2H3;1H. The van der Waals surface area contributed by atoms with Crippen molar-refractivity contribution in [1.29, 1.82) is 0 Å². The Bertz CT molecular complexity index is 562. The van der Waals surface area contributed by atoms with E-state index in [1.165, 1.54) is 45.3 Å². The van der Waals surface area contributed by atoms with Crippen molar-refractivity contribution in [3.05, 3.63) is 29.8 Å². The molecule has 0 N–H and O–H groups in total. The highest BCUT2D eigenvalue weighted by Gasteiger charge is 2.24. The third-order valence-corrected chi connectivity index (χ3v) is 5.68. The number of benzene rings is 1. The van der Waals surface area contributed by atoms with Crippen LogP contribution in [0.1, 0.15) is 62.7 Å². The smallest absolute Gasteiger partial charge is 0.253 e. The van der Waals surface area contributed by atoms with Crippen LogP contribution in [0.3, 0.4) is 0 Å². The summed E-state index contributed by atoms with van der Waals surface area (Å²) < 4.78 is 5.66. The van der Waals surface area contributed by atoms with Crippen LogP contribution in [0.2, 0.25) is 0 Å². The highest BCUT2D eigenvalue weighted by atomic mass is 35.5. The number of carbonyl (C=O) groups excluding carboxylic acids is 1. The average Bonchev–Trinajstić information content (AvgIpc) is 2.67. The Kier molecular flexibility index (Phi) is 8.91. The van der Waals surface area contributed by atoms with E-state index in [0.717, 1.165) is 43.2 Å². The summed E-state index contributed by atoms with van der Waals surface area (Å²) in [4.78, 5) is 17.4. The number of rotatable bonds is 6. The molecule has 0 unspecified atom stereocenters. The molecule has 2 heterocycles. The molecule has 3 rings (SSSR count). The molecule has 0 spiro atoms. The third-order valence-electron chi connectivity index (χ3n) is 5.68. The Morgan fingerprint density at radius 1 is 1.04 bits per heavy atom. The van der Waals surface area contributed by atoms with E-state index in [-0.39, 0.29) is 24.4 Å². The summed E-state index contributed by atoms with van der Waals surface area (Å²) in [5.74, 6) is 1.77. The second-order valence-corrected chi connectivity index (χ2v) is 8.12. The number of piperidine rings is 2. The van der Waals surface area contributed by atoms with Crippen LogP contribution in [0.15, 0.2) is 24.3 Å². The number of hydrogen-bond donors (Lipinski definition) is 0. The molecule has 2 aliphatic rings. The summed E-state index contributed by atoms with van der Waals surface area (Å²) in [6.45, 7) is 9.63. The number of hydrogen-bond acceptors (Lipinski definition) is 3. The number of amides is 1. The number of nitrogens with zero attached hydrogens (tertiary/aromatic N) is 2. The maximum absolute atomic E-state index is 12.7. The van der Waals surface area contributed by atoms with E-state index in [2.05, 4.69) is 4.90 Å². The van der Waals surface area contributed by atoms with Crippen LogP contribution in [0, 0.1) is 5.92 Å². The number of likely N-dealkylation sites (tertiary alicyclic amines) is 2. The van der Waals surface area contributed by atoms with E-state index < -0.39 is 0 Å². The molecule has 2 saturated heterocycles. The molecular weight excluding hydrogens is 360 g/mol.